The monoisotopic (exact) mass is 303 g/mol. The number of carbonyl (C=O) groups is 1. The second kappa shape index (κ2) is 6.79. The minimum Gasteiger partial charge on any atom is -0.457 e. The highest BCUT2D eigenvalue weighted by Gasteiger charge is 2.09. The summed E-state index contributed by atoms with van der Waals surface area (Å²) in [5.74, 6) is 1.35. The van der Waals surface area contributed by atoms with Gasteiger partial charge in [0.25, 0.3) is 0 Å². The van der Waals surface area contributed by atoms with Gasteiger partial charge in [-0.3, -0.25) is 4.79 Å². The zero-order valence-electron chi connectivity index (χ0n) is 12.8. The van der Waals surface area contributed by atoms with Crippen molar-refractivity contribution in [3.05, 3.63) is 78.9 Å². The molecule has 0 aromatic heterocycles. The molecular formula is C20H17NO2. The minimum absolute atomic E-state index is 0.108. The van der Waals surface area contributed by atoms with Crippen molar-refractivity contribution in [2.24, 2.45) is 0 Å². The Morgan fingerprint density at radius 2 is 1.52 bits per heavy atom. The lowest BCUT2D eigenvalue weighted by Gasteiger charge is -2.13. The molecule has 3 aromatic rings. The molecular weight excluding hydrogens is 286 g/mol. The maximum atomic E-state index is 11.3. The predicted octanol–water partition coefficient (Wildman–Crippen LogP) is 5.10. The van der Waals surface area contributed by atoms with Crippen LogP contribution in [-0.4, -0.2) is 5.91 Å². The van der Waals surface area contributed by atoms with E-state index < -0.39 is 0 Å². The Labute approximate surface area is 135 Å². The molecule has 114 valence electrons. The smallest absolute Gasteiger partial charge is 0.221 e. The van der Waals surface area contributed by atoms with E-state index in [0.717, 1.165) is 16.9 Å². The fourth-order valence-electron chi connectivity index (χ4n) is 2.36. The Hall–Kier alpha value is -3.07. The Balaban J connectivity index is 2.02. The van der Waals surface area contributed by atoms with Gasteiger partial charge in [0.1, 0.15) is 11.5 Å². The van der Waals surface area contributed by atoms with E-state index >= 15 is 0 Å². The van der Waals surface area contributed by atoms with E-state index in [4.69, 9.17) is 4.74 Å². The molecule has 1 N–H and O–H groups in total. The summed E-state index contributed by atoms with van der Waals surface area (Å²) in [6, 6.07) is 25.3. The molecule has 0 unspecified atom stereocenters. The third-order valence-corrected chi connectivity index (χ3v) is 3.36. The van der Waals surface area contributed by atoms with E-state index in [1.165, 1.54) is 6.92 Å². The normalized spacial score (nSPS) is 10.1. The number of para-hydroxylation sites is 1. The lowest BCUT2D eigenvalue weighted by atomic mass is 10.0. The van der Waals surface area contributed by atoms with Crippen molar-refractivity contribution in [3.8, 4) is 22.6 Å². The summed E-state index contributed by atoms with van der Waals surface area (Å²) in [5, 5.41) is 2.79. The van der Waals surface area contributed by atoms with Gasteiger partial charge in [0.15, 0.2) is 0 Å². The van der Waals surface area contributed by atoms with Crippen LogP contribution in [0.5, 0.6) is 11.5 Å². The van der Waals surface area contributed by atoms with Gasteiger partial charge in [-0.05, 0) is 29.8 Å². The number of hydrogen-bond acceptors (Lipinski definition) is 2. The maximum Gasteiger partial charge on any atom is 0.221 e. The molecule has 0 saturated heterocycles. The minimum atomic E-state index is -0.108. The molecule has 0 aliphatic heterocycles. The number of amides is 1. The molecule has 0 heterocycles. The molecule has 23 heavy (non-hydrogen) atoms. The molecule has 0 aliphatic carbocycles. The van der Waals surface area contributed by atoms with Gasteiger partial charge in [-0.25, -0.2) is 0 Å². The summed E-state index contributed by atoms with van der Waals surface area (Å²) in [5.41, 5.74) is 2.75. The van der Waals surface area contributed by atoms with E-state index in [-0.39, 0.29) is 5.91 Å². The number of ether oxygens (including phenoxy) is 1. The van der Waals surface area contributed by atoms with Gasteiger partial charge in [0.05, 0.1) is 0 Å². The van der Waals surface area contributed by atoms with E-state index in [1.807, 2.05) is 78.9 Å². The Morgan fingerprint density at radius 1 is 0.870 bits per heavy atom. The molecule has 0 radical (unpaired) electrons. The lowest BCUT2D eigenvalue weighted by molar-refractivity contribution is -0.114. The van der Waals surface area contributed by atoms with Crippen LogP contribution in [0.1, 0.15) is 6.92 Å². The summed E-state index contributed by atoms with van der Waals surface area (Å²) >= 11 is 0. The van der Waals surface area contributed by atoms with Crippen molar-refractivity contribution in [2.45, 2.75) is 6.92 Å². The summed E-state index contributed by atoms with van der Waals surface area (Å²) in [4.78, 5) is 11.3. The SMILES string of the molecule is CC(=O)Nc1ccc(-c2ccccc2)c(Oc2ccccc2)c1. The van der Waals surface area contributed by atoms with Crippen LogP contribution in [0.25, 0.3) is 11.1 Å². The molecule has 3 aromatic carbocycles. The molecule has 0 atom stereocenters. The largest absolute Gasteiger partial charge is 0.457 e. The predicted molar refractivity (Wildman–Crippen MR) is 92.7 cm³/mol. The summed E-state index contributed by atoms with van der Waals surface area (Å²) in [7, 11) is 0. The van der Waals surface area contributed by atoms with Gasteiger partial charge in [-0.1, -0.05) is 48.5 Å². The standard InChI is InChI=1S/C20H17NO2/c1-15(22)21-17-12-13-19(16-8-4-2-5-9-16)20(14-17)23-18-10-6-3-7-11-18/h2-14H,1H3,(H,21,22). The number of benzene rings is 3. The third kappa shape index (κ3) is 3.77. The summed E-state index contributed by atoms with van der Waals surface area (Å²) in [6.45, 7) is 1.49. The van der Waals surface area contributed by atoms with Gasteiger partial charge in [-0.15, -0.1) is 0 Å². The first-order valence-corrected chi connectivity index (χ1v) is 7.42. The number of anilines is 1. The molecule has 0 bridgehead atoms. The maximum absolute atomic E-state index is 11.3. The van der Waals surface area contributed by atoms with Crippen molar-refractivity contribution in [1.29, 1.82) is 0 Å². The molecule has 1 amide bonds. The molecule has 0 spiro atoms. The first kappa shape index (κ1) is 14.9. The van der Waals surface area contributed by atoms with Crippen molar-refractivity contribution < 1.29 is 9.53 Å². The molecule has 3 heteroatoms. The van der Waals surface area contributed by atoms with Crippen LogP contribution in [0.15, 0.2) is 78.9 Å². The van der Waals surface area contributed by atoms with Crippen LogP contribution in [0.4, 0.5) is 5.69 Å². The third-order valence-electron chi connectivity index (χ3n) is 3.36. The van der Waals surface area contributed by atoms with Crippen LogP contribution < -0.4 is 10.1 Å². The van der Waals surface area contributed by atoms with Crippen molar-refractivity contribution in [3.63, 3.8) is 0 Å². The number of nitrogens with one attached hydrogen (secondary N) is 1. The fraction of sp³-hybridized carbons (Fsp3) is 0.0500. The van der Waals surface area contributed by atoms with Crippen LogP contribution in [0, 0.1) is 0 Å². The van der Waals surface area contributed by atoms with Crippen LogP contribution in [0.3, 0.4) is 0 Å². The Morgan fingerprint density at radius 3 is 2.17 bits per heavy atom. The topological polar surface area (TPSA) is 38.3 Å². The molecule has 0 aliphatic rings. The van der Waals surface area contributed by atoms with Gasteiger partial charge in [0.2, 0.25) is 5.91 Å². The molecule has 0 fully saturated rings. The highest BCUT2D eigenvalue weighted by Crippen LogP contribution is 2.35. The van der Waals surface area contributed by atoms with E-state index in [9.17, 15) is 4.79 Å². The molecule has 3 nitrogen and oxygen atoms in total. The van der Waals surface area contributed by atoms with Gasteiger partial charge in [0, 0.05) is 24.2 Å². The van der Waals surface area contributed by atoms with E-state index in [0.29, 0.717) is 11.4 Å². The first-order chi connectivity index (χ1) is 11.2. The number of hydrogen-bond donors (Lipinski definition) is 1. The van der Waals surface area contributed by atoms with Crippen molar-refractivity contribution >= 4 is 11.6 Å². The second-order valence-corrected chi connectivity index (χ2v) is 5.17. The van der Waals surface area contributed by atoms with Gasteiger partial charge < -0.3 is 10.1 Å². The average molecular weight is 303 g/mol. The molecule has 0 saturated carbocycles. The Bertz CT molecular complexity index is 798. The van der Waals surface area contributed by atoms with E-state index in [2.05, 4.69) is 5.32 Å². The quantitative estimate of drug-likeness (QED) is 0.727. The van der Waals surface area contributed by atoms with Crippen molar-refractivity contribution in [1.82, 2.24) is 0 Å². The van der Waals surface area contributed by atoms with E-state index in [1.54, 1.807) is 0 Å². The first-order valence-electron chi connectivity index (χ1n) is 7.42. The number of carbonyl (C=O) groups excluding carboxylic acids is 1. The highest BCUT2D eigenvalue weighted by molar-refractivity contribution is 5.89. The summed E-state index contributed by atoms with van der Waals surface area (Å²) in [6.07, 6.45) is 0. The Kier molecular flexibility index (Phi) is 4.39. The van der Waals surface area contributed by atoms with Gasteiger partial charge in [-0.2, -0.15) is 0 Å². The highest BCUT2D eigenvalue weighted by atomic mass is 16.5. The van der Waals surface area contributed by atoms with Crippen LogP contribution in [-0.2, 0) is 4.79 Å². The zero-order valence-corrected chi connectivity index (χ0v) is 12.8. The van der Waals surface area contributed by atoms with Gasteiger partial charge >= 0.3 is 0 Å². The van der Waals surface area contributed by atoms with Crippen molar-refractivity contribution in [2.75, 3.05) is 5.32 Å². The zero-order chi connectivity index (χ0) is 16.1. The molecule has 3 rings (SSSR count). The average Bonchev–Trinajstić information content (AvgIpc) is 2.56. The summed E-state index contributed by atoms with van der Waals surface area (Å²) < 4.78 is 6.03. The van der Waals surface area contributed by atoms with Crippen LogP contribution in [0.2, 0.25) is 0 Å². The lowest BCUT2D eigenvalue weighted by Crippen LogP contribution is -2.05. The van der Waals surface area contributed by atoms with Crippen LogP contribution >= 0.6 is 0 Å². The number of rotatable bonds is 4. The fourth-order valence-corrected chi connectivity index (χ4v) is 2.36. The second-order valence-electron chi connectivity index (χ2n) is 5.17.